The van der Waals surface area contributed by atoms with E-state index in [-0.39, 0.29) is 12.4 Å². The van der Waals surface area contributed by atoms with Crippen molar-refractivity contribution in [3.8, 4) is 0 Å². The number of hydrogen-bond donors (Lipinski definition) is 2. The smallest absolute Gasteiger partial charge is 0.236 e. The SMILES string of the molecule is CNCc1cc(F)ccc1N(C)CC(N)=O. The lowest BCUT2D eigenvalue weighted by atomic mass is 10.1. The van der Waals surface area contributed by atoms with E-state index >= 15 is 0 Å². The topological polar surface area (TPSA) is 58.4 Å². The monoisotopic (exact) mass is 225 g/mol. The van der Waals surface area contributed by atoms with Crippen molar-refractivity contribution in [2.24, 2.45) is 5.73 Å². The van der Waals surface area contributed by atoms with Crippen molar-refractivity contribution in [2.45, 2.75) is 6.54 Å². The second kappa shape index (κ2) is 5.46. The Morgan fingerprint density at radius 2 is 2.25 bits per heavy atom. The molecule has 0 heterocycles. The summed E-state index contributed by atoms with van der Waals surface area (Å²) in [5.74, 6) is -0.705. The lowest BCUT2D eigenvalue weighted by Gasteiger charge is -2.21. The Bertz CT molecular complexity index is 381. The maximum Gasteiger partial charge on any atom is 0.236 e. The van der Waals surface area contributed by atoms with E-state index in [0.29, 0.717) is 6.54 Å². The van der Waals surface area contributed by atoms with Gasteiger partial charge in [0.05, 0.1) is 6.54 Å². The van der Waals surface area contributed by atoms with Crippen molar-refractivity contribution >= 4 is 11.6 Å². The minimum Gasteiger partial charge on any atom is -0.368 e. The molecular weight excluding hydrogens is 209 g/mol. The molecule has 5 heteroatoms. The number of nitrogens with two attached hydrogens (primary N) is 1. The summed E-state index contributed by atoms with van der Waals surface area (Å²) < 4.78 is 13.1. The molecule has 0 saturated carbocycles. The summed E-state index contributed by atoms with van der Waals surface area (Å²) in [6.45, 7) is 0.651. The van der Waals surface area contributed by atoms with Gasteiger partial charge >= 0.3 is 0 Å². The van der Waals surface area contributed by atoms with Crippen LogP contribution in [0.3, 0.4) is 0 Å². The second-order valence-corrected chi connectivity index (χ2v) is 3.63. The average Bonchev–Trinajstić information content (AvgIpc) is 2.17. The van der Waals surface area contributed by atoms with E-state index in [0.717, 1.165) is 11.3 Å². The van der Waals surface area contributed by atoms with Gasteiger partial charge in [0.15, 0.2) is 0 Å². The highest BCUT2D eigenvalue weighted by molar-refractivity contribution is 5.79. The molecule has 0 atom stereocenters. The Labute approximate surface area is 94.2 Å². The summed E-state index contributed by atoms with van der Waals surface area (Å²) in [5.41, 5.74) is 6.71. The number of nitrogens with zero attached hydrogens (tertiary/aromatic N) is 1. The van der Waals surface area contributed by atoms with Crippen LogP contribution in [0.5, 0.6) is 0 Å². The normalized spacial score (nSPS) is 10.2. The zero-order chi connectivity index (χ0) is 12.1. The number of likely N-dealkylation sites (N-methyl/N-ethyl adjacent to an activating group) is 1. The van der Waals surface area contributed by atoms with E-state index in [1.165, 1.54) is 12.1 Å². The molecular formula is C11H16FN3O. The Balaban J connectivity index is 2.96. The van der Waals surface area contributed by atoms with Gasteiger partial charge in [0.2, 0.25) is 5.91 Å². The number of benzene rings is 1. The molecule has 3 N–H and O–H groups in total. The van der Waals surface area contributed by atoms with Crippen LogP contribution in [0, 0.1) is 5.82 Å². The molecule has 0 bridgehead atoms. The number of carbonyl (C=O) groups is 1. The minimum atomic E-state index is -0.415. The number of halogens is 1. The van der Waals surface area contributed by atoms with Gasteiger partial charge in [-0.05, 0) is 30.8 Å². The number of amides is 1. The zero-order valence-electron chi connectivity index (χ0n) is 9.46. The van der Waals surface area contributed by atoms with E-state index in [2.05, 4.69) is 5.32 Å². The minimum absolute atomic E-state index is 0.113. The number of carbonyl (C=O) groups excluding carboxylic acids is 1. The fraction of sp³-hybridized carbons (Fsp3) is 0.364. The third-order valence-electron chi connectivity index (χ3n) is 2.21. The molecule has 0 saturated heterocycles. The molecule has 0 unspecified atom stereocenters. The van der Waals surface area contributed by atoms with Crippen LogP contribution < -0.4 is 16.0 Å². The van der Waals surface area contributed by atoms with Crippen LogP contribution in [0.25, 0.3) is 0 Å². The standard InChI is InChI=1S/C11H16FN3O/c1-14-6-8-5-9(12)3-4-10(8)15(2)7-11(13)16/h3-5,14H,6-7H2,1-2H3,(H2,13,16). The third-order valence-corrected chi connectivity index (χ3v) is 2.21. The van der Waals surface area contributed by atoms with Crippen molar-refractivity contribution < 1.29 is 9.18 Å². The fourth-order valence-electron chi connectivity index (χ4n) is 1.58. The second-order valence-electron chi connectivity index (χ2n) is 3.63. The molecule has 4 nitrogen and oxygen atoms in total. The van der Waals surface area contributed by atoms with Crippen LogP contribution in [-0.4, -0.2) is 26.5 Å². The lowest BCUT2D eigenvalue weighted by Crippen LogP contribution is -2.31. The third kappa shape index (κ3) is 3.20. The van der Waals surface area contributed by atoms with Crippen molar-refractivity contribution in [3.63, 3.8) is 0 Å². The zero-order valence-corrected chi connectivity index (χ0v) is 9.46. The molecule has 16 heavy (non-hydrogen) atoms. The number of primary amides is 1. The van der Waals surface area contributed by atoms with Gasteiger partial charge in [0, 0.05) is 19.3 Å². The maximum atomic E-state index is 13.1. The Kier molecular flexibility index (Phi) is 4.25. The van der Waals surface area contributed by atoms with Gasteiger partial charge in [-0.3, -0.25) is 4.79 Å². The summed E-state index contributed by atoms with van der Waals surface area (Å²) in [6.07, 6.45) is 0. The van der Waals surface area contributed by atoms with E-state index in [1.807, 2.05) is 0 Å². The largest absolute Gasteiger partial charge is 0.368 e. The van der Waals surface area contributed by atoms with Gasteiger partial charge < -0.3 is 16.0 Å². The molecule has 1 amide bonds. The molecule has 1 aromatic carbocycles. The van der Waals surface area contributed by atoms with Gasteiger partial charge in [-0.1, -0.05) is 0 Å². The average molecular weight is 225 g/mol. The molecule has 0 fully saturated rings. The highest BCUT2D eigenvalue weighted by Crippen LogP contribution is 2.20. The number of rotatable bonds is 5. The summed E-state index contributed by atoms with van der Waals surface area (Å²) >= 11 is 0. The number of anilines is 1. The maximum absolute atomic E-state index is 13.1. The van der Waals surface area contributed by atoms with E-state index in [9.17, 15) is 9.18 Å². The van der Waals surface area contributed by atoms with Crippen LogP contribution >= 0.6 is 0 Å². The van der Waals surface area contributed by atoms with Crippen LogP contribution in [0.1, 0.15) is 5.56 Å². The predicted octanol–water partition coefficient (Wildman–Crippen LogP) is 0.467. The van der Waals surface area contributed by atoms with Crippen LogP contribution in [0.2, 0.25) is 0 Å². The summed E-state index contributed by atoms with van der Waals surface area (Å²) in [7, 11) is 3.53. The molecule has 0 aliphatic carbocycles. The summed E-state index contributed by atoms with van der Waals surface area (Å²) in [5, 5.41) is 2.95. The van der Waals surface area contributed by atoms with E-state index < -0.39 is 5.91 Å². The highest BCUT2D eigenvalue weighted by Gasteiger charge is 2.09. The first-order valence-corrected chi connectivity index (χ1v) is 4.97. The Morgan fingerprint density at radius 3 is 2.81 bits per heavy atom. The van der Waals surface area contributed by atoms with Crippen LogP contribution in [0.4, 0.5) is 10.1 Å². The summed E-state index contributed by atoms with van der Waals surface area (Å²) in [6, 6.07) is 4.46. The van der Waals surface area contributed by atoms with Gasteiger partial charge in [-0.2, -0.15) is 0 Å². The Morgan fingerprint density at radius 1 is 1.56 bits per heavy atom. The van der Waals surface area contributed by atoms with Gasteiger partial charge in [0.25, 0.3) is 0 Å². The van der Waals surface area contributed by atoms with E-state index in [4.69, 9.17) is 5.73 Å². The molecule has 0 aliphatic heterocycles. The van der Waals surface area contributed by atoms with E-state index in [1.54, 1.807) is 25.1 Å². The molecule has 1 rings (SSSR count). The molecule has 0 aromatic heterocycles. The first kappa shape index (κ1) is 12.4. The van der Waals surface area contributed by atoms with Crippen molar-refractivity contribution in [1.29, 1.82) is 0 Å². The van der Waals surface area contributed by atoms with Gasteiger partial charge in [-0.25, -0.2) is 4.39 Å². The molecule has 88 valence electrons. The fourth-order valence-corrected chi connectivity index (χ4v) is 1.58. The number of nitrogens with one attached hydrogen (secondary N) is 1. The first-order valence-electron chi connectivity index (χ1n) is 4.97. The molecule has 0 spiro atoms. The van der Waals surface area contributed by atoms with Gasteiger partial charge in [-0.15, -0.1) is 0 Å². The van der Waals surface area contributed by atoms with Crippen LogP contribution in [0.15, 0.2) is 18.2 Å². The molecule has 0 radical (unpaired) electrons. The summed E-state index contributed by atoms with van der Waals surface area (Å²) in [4.78, 5) is 12.5. The highest BCUT2D eigenvalue weighted by atomic mass is 19.1. The molecule has 0 aliphatic rings. The quantitative estimate of drug-likeness (QED) is 0.765. The van der Waals surface area contributed by atoms with Crippen molar-refractivity contribution in [1.82, 2.24) is 5.32 Å². The lowest BCUT2D eigenvalue weighted by molar-refractivity contribution is -0.116. The van der Waals surface area contributed by atoms with Crippen LogP contribution in [-0.2, 0) is 11.3 Å². The Hall–Kier alpha value is -1.62. The van der Waals surface area contributed by atoms with Gasteiger partial charge in [0.1, 0.15) is 5.82 Å². The molecule has 1 aromatic rings. The van der Waals surface area contributed by atoms with Crippen molar-refractivity contribution in [3.05, 3.63) is 29.6 Å². The number of hydrogen-bond acceptors (Lipinski definition) is 3. The first-order chi connectivity index (χ1) is 7.54. The van der Waals surface area contributed by atoms with Crippen molar-refractivity contribution in [2.75, 3.05) is 25.5 Å². The predicted molar refractivity (Wildman–Crippen MR) is 61.6 cm³/mol.